The molecule has 2 rings (SSSR count). The molecule has 0 fully saturated rings. The van der Waals surface area contributed by atoms with Crippen LogP contribution in [0.15, 0.2) is 42.7 Å². The van der Waals surface area contributed by atoms with E-state index in [9.17, 15) is 5.11 Å². The molecule has 3 nitrogen and oxygen atoms in total. The van der Waals surface area contributed by atoms with Gasteiger partial charge in [0, 0.05) is 40.7 Å². The molecule has 20 heavy (non-hydrogen) atoms. The Morgan fingerprint density at radius 2 is 2.05 bits per heavy atom. The van der Waals surface area contributed by atoms with Gasteiger partial charge in [-0.05, 0) is 25.1 Å². The summed E-state index contributed by atoms with van der Waals surface area (Å²) in [4.78, 5) is 4.03. The Kier molecular flexibility index (Phi) is 4.66. The van der Waals surface area contributed by atoms with E-state index >= 15 is 0 Å². The third kappa shape index (κ3) is 2.96. The summed E-state index contributed by atoms with van der Waals surface area (Å²) in [5, 5.41) is 11.8. The lowest BCUT2D eigenvalue weighted by Gasteiger charge is -2.32. The molecular formula is C15H15Cl2NO2. The Morgan fingerprint density at radius 1 is 1.30 bits per heavy atom. The highest BCUT2D eigenvalue weighted by Gasteiger charge is 2.36. The topological polar surface area (TPSA) is 42.4 Å². The Labute approximate surface area is 128 Å². The normalized spacial score (nSPS) is 15.7. The number of nitrogens with zero attached hydrogens (tertiary/aromatic N) is 1. The highest BCUT2D eigenvalue weighted by molar-refractivity contribution is 6.35. The van der Waals surface area contributed by atoms with Crippen LogP contribution in [-0.4, -0.2) is 17.2 Å². The third-order valence-electron chi connectivity index (χ3n) is 3.24. The van der Waals surface area contributed by atoms with E-state index in [0.717, 1.165) is 0 Å². The molecule has 0 amide bonds. The van der Waals surface area contributed by atoms with Gasteiger partial charge >= 0.3 is 0 Å². The van der Waals surface area contributed by atoms with Gasteiger partial charge in [-0.3, -0.25) is 4.98 Å². The molecule has 2 atom stereocenters. The number of aromatic nitrogens is 1. The highest BCUT2D eigenvalue weighted by Crippen LogP contribution is 2.40. The smallest absolute Gasteiger partial charge is 0.119 e. The van der Waals surface area contributed by atoms with Crippen molar-refractivity contribution < 1.29 is 9.84 Å². The first-order valence-electron chi connectivity index (χ1n) is 6.07. The Bertz CT molecular complexity index is 588. The Morgan fingerprint density at radius 3 is 2.60 bits per heavy atom. The van der Waals surface area contributed by atoms with Crippen LogP contribution in [0.4, 0.5) is 0 Å². The van der Waals surface area contributed by atoms with Gasteiger partial charge in [-0.2, -0.15) is 0 Å². The molecule has 0 bridgehead atoms. The molecular weight excluding hydrogens is 297 g/mol. The Balaban J connectivity index is 2.46. The fourth-order valence-corrected chi connectivity index (χ4v) is 2.69. The molecule has 0 aliphatic heterocycles. The van der Waals surface area contributed by atoms with E-state index in [0.29, 0.717) is 21.2 Å². The number of hydrogen-bond acceptors (Lipinski definition) is 3. The molecule has 0 saturated heterocycles. The summed E-state index contributed by atoms with van der Waals surface area (Å²) in [5.74, 6) is 0. The minimum absolute atomic E-state index is 0.452. The number of halogens is 2. The number of methoxy groups -OCH3 is 1. The second-order valence-corrected chi connectivity index (χ2v) is 5.51. The molecule has 1 N–H and O–H groups in total. The van der Waals surface area contributed by atoms with E-state index < -0.39 is 11.7 Å². The second kappa shape index (κ2) is 6.10. The van der Waals surface area contributed by atoms with Crippen molar-refractivity contribution in [3.05, 3.63) is 63.9 Å². The molecule has 0 spiro atoms. The summed E-state index contributed by atoms with van der Waals surface area (Å²) in [6.07, 6.45) is 2.63. The fourth-order valence-electron chi connectivity index (χ4n) is 2.19. The van der Waals surface area contributed by atoms with E-state index in [-0.39, 0.29) is 0 Å². The maximum atomic E-state index is 10.8. The van der Waals surface area contributed by atoms with Crippen molar-refractivity contribution in [1.29, 1.82) is 0 Å². The van der Waals surface area contributed by atoms with Gasteiger partial charge in [0.2, 0.25) is 0 Å². The van der Waals surface area contributed by atoms with Gasteiger partial charge in [-0.1, -0.05) is 35.3 Å². The quantitative estimate of drug-likeness (QED) is 0.928. The summed E-state index contributed by atoms with van der Waals surface area (Å²) in [6, 6.07) is 8.66. The molecule has 2 aromatic rings. The summed E-state index contributed by atoms with van der Waals surface area (Å²) in [7, 11) is 1.53. The number of aliphatic hydroxyl groups is 1. The van der Waals surface area contributed by atoms with Crippen LogP contribution in [0.3, 0.4) is 0 Å². The average Bonchev–Trinajstić information content (AvgIpc) is 2.43. The third-order valence-corrected chi connectivity index (χ3v) is 3.80. The minimum atomic E-state index is -1.26. The minimum Gasteiger partial charge on any atom is -0.382 e. The monoisotopic (exact) mass is 311 g/mol. The summed E-state index contributed by atoms with van der Waals surface area (Å²) < 4.78 is 5.47. The molecule has 0 aliphatic rings. The predicted molar refractivity (Wildman–Crippen MR) is 80.0 cm³/mol. The molecule has 1 aromatic carbocycles. The van der Waals surface area contributed by atoms with Gasteiger partial charge < -0.3 is 9.84 Å². The van der Waals surface area contributed by atoms with Gasteiger partial charge in [0.15, 0.2) is 0 Å². The van der Waals surface area contributed by atoms with E-state index in [2.05, 4.69) is 4.98 Å². The van der Waals surface area contributed by atoms with Crippen molar-refractivity contribution in [1.82, 2.24) is 4.98 Å². The van der Waals surface area contributed by atoms with Gasteiger partial charge in [0.05, 0.1) is 0 Å². The van der Waals surface area contributed by atoms with Gasteiger partial charge in [0.25, 0.3) is 0 Å². The van der Waals surface area contributed by atoms with Crippen LogP contribution in [0.2, 0.25) is 10.0 Å². The predicted octanol–water partition coefficient (Wildman–Crippen LogP) is 3.98. The average molecular weight is 312 g/mol. The van der Waals surface area contributed by atoms with E-state index in [1.807, 2.05) is 0 Å². The van der Waals surface area contributed by atoms with Crippen LogP contribution in [-0.2, 0) is 10.3 Å². The number of ether oxygens (including phenoxy) is 1. The number of benzene rings is 1. The zero-order chi connectivity index (χ0) is 14.8. The van der Waals surface area contributed by atoms with Gasteiger partial charge in [-0.15, -0.1) is 0 Å². The molecule has 1 aromatic heterocycles. The van der Waals surface area contributed by atoms with E-state index in [1.165, 1.54) is 7.11 Å². The maximum Gasteiger partial charge on any atom is 0.119 e. The molecule has 0 radical (unpaired) electrons. The van der Waals surface area contributed by atoms with Crippen LogP contribution < -0.4 is 0 Å². The number of pyridine rings is 1. The second-order valence-electron chi connectivity index (χ2n) is 4.67. The molecule has 1 heterocycles. The summed E-state index contributed by atoms with van der Waals surface area (Å²) in [6.45, 7) is 1.67. The van der Waals surface area contributed by atoms with Crippen molar-refractivity contribution in [3.8, 4) is 0 Å². The van der Waals surface area contributed by atoms with Crippen molar-refractivity contribution in [2.45, 2.75) is 18.6 Å². The van der Waals surface area contributed by atoms with Crippen molar-refractivity contribution in [2.24, 2.45) is 0 Å². The molecule has 0 aliphatic carbocycles. The lowest BCUT2D eigenvalue weighted by atomic mass is 9.87. The van der Waals surface area contributed by atoms with Gasteiger partial charge in [0.1, 0.15) is 11.7 Å². The first kappa shape index (κ1) is 15.3. The van der Waals surface area contributed by atoms with Crippen LogP contribution in [0.1, 0.15) is 24.2 Å². The zero-order valence-corrected chi connectivity index (χ0v) is 12.7. The largest absolute Gasteiger partial charge is 0.382 e. The highest BCUT2D eigenvalue weighted by atomic mass is 35.5. The van der Waals surface area contributed by atoms with Crippen LogP contribution in [0, 0.1) is 0 Å². The van der Waals surface area contributed by atoms with Crippen LogP contribution in [0.25, 0.3) is 0 Å². The van der Waals surface area contributed by atoms with E-state index in [4.69, 9.17) is 27.9 Å². The Hall–Kier alpha value is -1.13. The van der Waals surface area contributed by atoms with Crippen molar-refractivity contribution >= 4 is 23.2 Å². The molecule has 0 saturated carbocycles. The lowest BCUT2D eigenvalue weighted by molar-refractivity contribution is -0.0897. The van der Waals surface area contributed by atoms with Crippen molar-refractivity contribution in [2.75, 3.05) is 7.11 Å². The maximum absolute atomic E-state index is 10.8. The van der Waals surface area contributed by atoms with Gasteiger partial charge in [-0.25, -0.2) is 0 Å². The fraction of sp³-hybridized carbons (Fsp3) is 0.267. The first-order chi connectivity index (χ1) is 9.46. The summed E-state index contributed by atoms with van der Waals surface area (Å²) >= 11 is 12.1. The number of hydrogen-bond donors (Lipinski definition) is 1. The van der Waals surface area contributed by atoms with E-state index in [1.54, 1.807) is 49.6 Å². The summed E-state index contributed by atoms with van der Waals surface area (Å²) in [5.41, 5.74) is 0.0609. The number of rotatable bonds is 4. The van der Waals surface area contributed by atoms with Crippen LogP contribution >= 0.6 is 23.2 Å². The standard InChI is InChI=1S/C15H15Cl2NO2/c1-15(19,10-4-3-7-18-9-10)14(20-2)12-6-5-11(16)8-13(12)17/h3-9,14,19H,1-2H3. The molecule has 5 heteroatoms. The SMILES string of the molecule is COC(c1ccc(Cl)cc1Cl)C(C)(O)c1cccnc1. The van der Waals surface area contributed by atoms with Crippen LogP contribution in [0.5, 0.6) is 0 Å². The molecule has 106 valence electrons. The lowest BCUT2D eigenvalue weighted by Crippen LogP contribution is -2.31. The zero-order valence-electron chi connectivity index (χ0n) is 11.2. The van der Waals surface area contributed by atoms with Crippen molar-refractivity contribution in [3.63, 3.8) is 0 Å². The molecule has 2 unspecified atom stereocenters. The first-order valence-corrected chi connectivity index (χ1v) is 6.83.